The summed E-state index contributed by atoms with van der Waals surface area (Å²) < 4.78 is 0. The molecular formula is C10H10NO2S-. The molecule has 0 N–H and O–H groups in total. The lowest BCUT2D eigenvalue weighted by atomic mass is 10.3. The van der Waals surface area contributed by atoms with Gasteiger partial charge in [0.2, 0.25) is 0 Å². The van der Waals surface area contributed by atoms with Crippen LogP contribution in [0.4, 0.5) is 5.69 Å². The average Bonchev–Trinajstić information content (AvgIpc) is 2.67. The third-order valence-corrected chi connectivity index (χ3v) is 3.36. The van der Waals surface area contributed by atoms with E-state index in [1.165, 1.54) is 11.8 Å². The molecule has 1 atom stereocenters. The minimum atomic E-state index is -1.00. The first-order valence-corrected chi connectivity index (χ1v) is 5.48. The lowest BCUT2D eigenvalue weighted by Crippen LogP contribution is -2.43. The lowest BCUT2D eigenvalue weighted by Gasteiger charge is -2.26. The highest BCUT2D eigenvalue weighted by molar-refractivity contribution is 8.01. The molecule has 0 bridgehead atoms. The number of carboxylic acids is 1. The molecule has 0 radical (unpaired) electrons. The molecule has 1 aromatic carbocycles. The number of carboxylic acid groups (broad SMARTS) is 1. The van der Waals surface area contributed by atoms with E-state index in [4.69, 9.17) is 0 Å². The van der Waals surface area contributed by atoms with Gasteiger partial charge in [0.25, 0.3) is 0 Å². The van der Waals surface area contributed by atoms with Crippen molar-refractivity contribution in [1.29, 1.82) is 0 Å². The van der Waals surface area contributed by atoms with E-state index in [0.717, 1.165) is 18.0 Å². The minimum Gasteiger partial charge on any atom is -0.547 e. The summed E-state index contributed by atoms with van der Waals surface area (Å²) in [4.78, 5) is 12.7. The first kappa shape index (κ1) is 9.40. The summed E-state index contributed by atoms with van der Waals surface area (Å²) in [6, 6.07) is 9.57. The molecule has 1 aliphatic heterocycles. The molecule has 74 valence electrons. The third-order valence-electron chi connectivity index (χ3n) is 2.18. The Morgan fingerprint density at radius 1 is 1.43 bits per heavy atom. The molecular weight excluding hydrogens is 198 g/mol. The van der Waals surface area contributed by atoms with Crippen LogP contribution in [-0.4, -0.2) is 23.6 Å². The number of para-hydroxylation sites is 1. The van der Waals surface area contributed by atoms with Crippen LogP contribution in [0.25, 0.3) is 0 Å². The van der Waals surface area contributed by atoms with Crippen LogP contribution in [0, 0.1) is 0 Å². The monoisotopic (exact) mass is 208 g/mol. The van der Waals surface area contributed by atoms with Gasteiger partial charge in [-0.15, -0.1) is 11.8 Å². The van der Waals surface area contributed by atoms with Crippen molar-refractivity contribution in [2.75, 3.05) is 17.2 Å². The normalized spacial score (nSPS) is 21.1. The van der Waals surface area contributed by atoms with Gasteiger partial charge in [0.05, 0.1) is 5.97 Å². The molecule has 1 fully saturated rings. The van der Waals surface area contributed by atoms with E-state index in [0.29, 0.717) is 0 Å². The maximum atomic E-state index is 10.8. The van der Waals surface area contributed by atoms with Crippen LogP contribution in [0.3, 0.4) is 0 Å². The number of rotatable bonds is 2. The molecule has 0 amide bonds. The predicted molar refractivity (Wildman–Crippen MR) is 55.0 cm³/mol. The van der Waals surface area contributed by atoms with Crippen LogP contribution in [0.5, 0.6) is 0 Å². The smallest absolute Gasteiger partial charge is 0.115 e. The zero-order valence-corrected chi connectivity index (χ0v) is 8.37. The van der Waals surface area contributed by atoms with Crippen LogP contribution in [0.1, 0.15) is 0 Å². The Bertz CT molecular complexity index is 328. The van der Waals surface area contributed by atoms with Crippen molar-refractivity contribution in [3.8, 4) is 0 Å². The fourth-order valence-electron chi connectivity index (χ4n) is 1.55. The van der Waals surface area contributed by atoms with Crippen LogP contribution < -0.4 is 10.0 Å². The van der Waals surface area contributed by atoms with Gasteiger partial charge in [-0.2, -0.15) is 0 Å². The first-order valence-electron chi connectivity index (χ1n) is 4.43. The maximum absolute atomic E-state index is 10.8. The van der Waals surface area contributed by atoms with E-state index in [-0.39, 0.29) is 0 Å². The fourth-order valence-corrected chi connectivity index (χ4v) is 2.62. The van der Waals surface area contributed by atoms with Gasteiger partial charge in [0.15, 0.2) is 0 Å². The van der Waals surface area contributed by atoms with Crippen LogP contribution in [-0.2, 0) is 4.79 Å². The van der Waals surface area contributed by atoms with Crippen molar-refractivity contribution in [2.24, 2.45) is 0 Å². The van der Waals surface area contributed by atoms with Crippen molar-refractivity contribution in [3.63, 3.8) is 0 Å². The summed E-state index contributed by atoms with van der Waals surface area (Å²) in [5, 5.41) is 10.3. The van der Waals surface area contributed by atoms with Crippen molar-refractivity contribution in [3.05, 3.63) is 30.3 Å². The van der Waals surface area contributed by atoms with E-state index < -0.39 is 11.3 Å². The molecule has 0 unspecified atom stereocenters. The molecule has 3 nitrogen and oxygen atoms in total. The summed E-state index contributed by atoms with van der Waals surface area (Å²) in [6.45, 7) is 0.771. The van der Waals surface area contributed by atoms with Crippen molar-refractivity contribution in [1.82, 2.24) is 0 Å². The van der Waals surface area contributed by atoms with Crippen LogP contribution in [0.2, 0.25) is 0 Å². The zero-order valence-electron chi connectivity index (χ0n) is 7.55. The van der Waals surface area contributed by atoms with E-state index in [2.05, 4.69) is 0 Å². The number of carbonyl (C=O) groups excluding carboxylic acids is 1. The van der Waals surface area contributed by atoms with Gasteiger partial charge in [-0.3, -0.25) is 0 Å². The van der Waals surface area contributed by atoms with Crippen molar-refractivity contribution < 1.29 is 9.90 Å². The molecule has 2 rings (SSSR count). The van der Waals surface area contributed by atoms with Crippen LogP contribution in [0.15, 0.2) is 30.3 Å². The zero-order chi connectivity index (χ0) is 9.97. The van der Waals surface area contributed by atoms with E-state index in [1.54, 1.807) is 0 Å². The van der Waals surface area contributed by atoms with Gasteiger partial charge in [-0.05, 0) is 12.1 Å². The number of hydrogen-bond acceptors (Lipinski definition) is 4. The summed E-state index contributed by atoms with van der Waals surface area (Å²) >= 11 is 1.42. The number of aliphatic carboxylic acids is 1. The Hall–Kier alpha value is -1.16. The van der Waals surface area contributed by atoms with Gasteiger partial charge in [0.1, 0.15) is 5.37 Å². The first-order chi connectivity index (χ1) is 6.79. The molecule has 4 heteroatoms. The van der Waals surface area contributed by atoms with Gasteiger partial charge >= 0.3 is 0 Å². The number of benzene rings is 1. The maximum Gasteiger partial charge on any atom is 0.115 e. The Balaban J connectivity index is 2.22. The molecule has 0 aromatic heterocycles. The standard InChI is InChI=1S/C10H11NO2S/c12-10(13)9-11(6-7-14-9)8-4-2-1-3-5-8/h1-5,9H,6-7H2,(H,12,13)/p-1/t9-/m0/s1. The lowest BCUT2D eigenvalue weighted by molar-refractivity contribution is -0.304. The second kappa shape index (κ2) is 3.92. The fraction of sp³-hybridized carbons (Fsp3) is 0.300. The van der Waals surface area contributed by atoms with E-state index in [9.17, 15) is 9.90 Å². The van der Waals surface area contributed by atoms with Crippen molar-refractivity contribution >= 4 is 23.4 Å². The summed E-state index contributed by atoms with van der Waals surface area (Å²) in [5.74, 6) is -0.163. The van der Waals surface area contributed by atoms with Crippen molar-refractivity contribution in [2.45, 2.75) is 5.37 Å². The predicted octanol–water partition coefficient (Wildman–Crippen LogP) is 0.316. The molecule has 14 heavy (non-hydrogen) atoms. The topological polar surface area (TPSA) is 43.4 Å². The van der Waals surface area contributed by atoms with Gasteiger partial charge in [-0.1, -0.05) is 18.2 Å². The number of nitrogens with zero attached hydrogens (tertiary/aromatic N) is 1. The highest BCUT2D eigenvalue weighted by Crippen LogP contribution is 2.28. The quantitative estimate of drug-likeness (QED) is 0.702. The number of thioether (sulfide) groups is 1. The van der Waals surface area contributed by atoms with Crippen LogP contribution >= 0.6 is 11.8 Å². The number of hydrogen-bond donors (Lipinski definition) is 0. The highest BCUT2D eigenvalue weighted by Gasteiger charge is 2.25. The molecule has 1 heterocycles. The molecule has 1 aliphatic rings. The molecule has 1 saturated heterocycles. The second-order valence-electron chi connectivity index (χ2n) is 3.07. The second-order valence-corrected chi connectivity index (χ2v) is 4.26. The summed E-state index contributed by atoms with van der Waals surface area (Å²) in [7, 11) is 0. The number of anilines is 1. The molecule has 1 aromatic rings. The Morgan fingerprint density at radius 3 is 2.79 bits per heavy atom. The molecule has 0 spiro atoms. The summed E-state index contributed by atoms with van der Waals surface area (Å²) in [6.07, 6.45) is 0. The molecule has 0 saturated carbocycles. The number of carbonyl (C=O) groups is 1. The minimum absolute atomic E-state index is 0.530. The largest absolute Gasteiger partial charge is 0.547 e. The molecule has 0 aliphatic carbocycles. The van der Waals surface area contributed by atoms with Gasteiger partial charge in [-0.25, -0.2) is 0 Å². The highest BCUT2D eigenvalue weighted by atomic mass is 32.2. The van der Waals surface area contributed by atoms with E-state index >= 15 is 0 Å². The third kappa shape index (κ3) is 1.70. The van der Waals surface area contributed by atoms with Gasteiger partial charge < -0.3 is 14.8 Å². The Kier molecular flexibility index (Phi) is 2.63. The average molecular weight is 208 g/mol. The van der Waals surface area contributed by atoms with E-state index in [1.807, 2.05) is 35.2 Å². The van der Waals surface area contributed by atoms with Gasteiger partial charge in [0, 0.05) is 18.0 Å². The summed E-state index contributed by atoms with van der Waals surface area (Å²) in [5.41, 5.74) is 0.951. The SMILES string of the molecule is O=C([O-])[C@@H]1SCCN1c1ccccc1. The Labute approximate surface area is 86.7 Å². The Morgan fingerprint density at radius 2 is 2.14 bits per heavy atom.